The molecule has 25 heavy (non-hydrogen) atoms. The second-order valence-corrected chi connectivity index (χ2v) is 7.32. The largest absolute Gasteiger partial charge is 0.343 e. The number of likely N-dealkylation sites (tertiary alicyclic amines) is 1. The molecule has 1 aliphatic heterocycles. The highest BCUT2D eigenvalue weighted by Gasteiger charge is 2.27. The van der Waals surface area contributed by atoms with Crippen molar-refractivity contribution in [1.82, 2.24) is 19.9 Å². The summed E-state index contributed by atoms with van der Waals surface area (Å²) in [4.78, 5) is 27.1. The number of nitrogens with zero attached hydrogens (tertiary/aromatic N) is 4. The van der Waals surface area contributed by atoms with Crippen LogP contribution in [0.15, 0.2) is 29.1 Å². The molecule has 1 amide bonds. The summed E-state index contributed by atoms with van der Waals surface area (Å²) in [6.07, 6.45) is 7.16. The average molecular weight is 340 g/mol. The smallest absolute Gasteiger partial charge is 0.277 e. The average Bonchev–Trinajstić information content (AvgIpc) is 3.15. The van der Waals surface area contributed by atoms with Crippen LogP contribution in [-0.4, -0.2) is 38.9 Å². The van der Waals surface area contributed by atoms with Gasteiger partial charge in [0.15, 0.2) is 0 Å². The van der Waals surface area contributed by atoms with E-state index in [1.807, 2.05) is 17.0 Å². The molecule has 1 aliphatic carbocycles. The summed E-state index contributed by atoms with van der Waals surface area (Å²) in [5, 5.41) is 8.91. The molecule has 0 N–H and O–H groups in total. The highest BCUT2D eigenvalue weighted by atomic mass is 16.2. The summed E-state index contributed by atoms with van der Waals surface area (Å²) in [5.41, 5.74) is 0.550. The summed E-state index contributed by atoms with van der Waals surface area (Å²) in [6.45, 7) is 1.41. The number of hydrogen-bond donors (Lipinski definition) is 0. The monoisotopic (exact) mass is 340 g/mol. The van der Waals surface area contributed by atoms with Crippen molar-refractivity contribution in [2.24, 2.45) is 5.92 Å². The van der Waals surface area contributed by atoms with Gasteiger partial charge in [0.05, 0.1) is 11.4 Å². The maximum absolute atomic E-state index is 12.7. The summed E-state index contributed by atoms with van der Waals surface area (Å²) < 4.78 is 1.51. The molecule has 2 fully saturated rings. The third-order valence-corrected chi connectivity index (χ3v) is 5.69. The standard InChI is InChI=1S/C19H24N4O2/c24-18(13-14-5-1-2-6-14)22-11-9-15(10-12-22)23-19(25)16-7-3-4-8-17(16)20-21-23/h3-4,7-8,14-15H,1-2,5-6,9-13H2. The summed E-state index contributed by atoms with van der Waals surface area (Å²) in [7, 11) is 0. The van der Waals surface area contributed by atoms with Gasteiger partial charge in [0, 0.05) is 19.5 Å². The van der Waals surface area contributed by atoms with Crippen LogP contribution in [0.2, 0.25) is 0 Å². The van der Waals surface area contributed by atoms with Crippen LogP contribution < -0.4 is 5.56 Å². The first-order valence-electron chi connectivity index (χ1n) is 9.34. The Balaban J connectivity index is 1.42. The molecular weight excluding hydrogens is 316 g/mol. The number of piperidine rings is 1. The topological polar surface area (TPSA) is 68.1 Å². The molecule has 0 unspecified atom stereocenters. The highest BCUT2D eigenvalue weighted by molar-refractivity contribution is 5.77. The number of hydrogen-bond acceptors (Lipinski definition) is 4. The molecule has 6 heteroatoms. The molecule has 0 atom stereocenters. The molecule has 0 bridgehead atoms. The highest BCUT2D eigenvalue weighted by Crippen LogP contribution is 2.29. The van der Waals surface area contributed by atoms with Crippen LogP contribution >= 0.6 is 0 Å². The number of amides is 1. The Bertz CT molecular complexity index is 818. The second kappa shape index (κ2) is 6.94. The van der Waals surface area contributed by atoms with E-state index in [0.29, 0.717) is 36.3 Å². The van der Waals surface area contributed by atoms with E-state index in [1.165, 1.54) is 30.4 Å². The van der Waals surface area contributed by atoms with Crippen molar-refractivity contribution in [2.45, 2.75) is 51.0 Å². The van der Waals surface area contributed by atoms with Crippen molar-refractivity contribution >= 4 is 16.8 Å². The van der Waals surface area contributed by atoms with Gasteiger partial charge in [-0.15, -0.1) is 5.10 Å². The maximum atomic E-state index is 12.7. The van der Waals surface area contributed by atoms with Crippen LogP contribution in [0, 0.1) is 5.92 Å². The third-order valence-electron chi connectivity index (χ3n) is 5.69. The number of benzene rings is 1. The number of rotatable bonds is 3. The molecule has 6 nitrogen and oxygen atoms in total. The maximum Gasteiger partial charge on any atom is 0.277 e. The van der Waals surface area contributed by atoms with Gasteiger partial charge >= 0.3 is 0 Å². The van der Waals surface area contributed by atoms with Crippen LogP contribution in [0.3, 0.4) is 0 Å². The summed E-state index contributed by atoms with van der Waals surface area (Å²) in [6, 6.07) is 7.33. The minimum Gasteiger partial charge on any atom is -0.343 e. The normalized spacial score (nSPS) is 19.6. The lowest BCUT2D eigenvalue weighted by Crippen LogP contribution is -2.42. The first kappa shape index (κ1) is 16.2. The van der Waals surface area contributed by atoms with Crippen LogP contribution in [-0.2, 0) is 4.79 Å². The van der Waals surface area contributed by atoms with Crippen LogP contribution in [0.4, 0.5) is 0 Å². The zero-order chi connectivity index (χ0) is 17.2. The molecular formula is C19H24N4O2. The number of carbonyl (C=O) groups excluding carboxylic acids is 1. The number of carbonyl (C=O) groups is 1. The molecule has 0 spiro atoms. The summed E-state index contributed by atoms with van der Waals surface area (Å²) in [5.74, 6) is 0.862. The van der Waals surface area contributed by atoms with Crippen molar-refractivity contribution in [3.63, 3.8) is 0 Å². The zero-order valence-corrected chi connectivity index (χ0v) is 14.4. The molecule has 2 aromatic rings. The van der Waals surface area contributed by atoms with Gasteiger partial charge < -0.3 is 4.90 Å². The Labute approximate surface area is 146 Å². The molecule has 132 valence electrons. The van der Waals surface area contributed by atoms with Gasteiger partial charge in [-0.2, -0.15) is 0 Å². The van der Waals surface area contributed by atoms with E-state index in [4.69, 9.17) is 0 Å². The molecule has 1 aromatic carbocycles. The molecule has 2 heterocycles. The van der Waals surface area contributed by atoms with Gasteiger partial charge in [-0.05, 0) is 43.7 Å². The molecule has 1 aromatic heterocycles. The van der Waals surface area contributed by atoms with E-state index in [2.05, 4.69) is 10.3 Å². The molecule has 0 radical (unpaired) electrons. The molecule has 2 aliphatic rings. The lowest BCUT2D eigenvalue weighted by Gasteiger charge is -2.32. The van der Waals surface area contributed by atoms with Crippen molar-refractivity contribution in [2.75, 3.05) is 13.1 Å². The van der Waals surface area contributed by atoms with Gasteiger partial charge in [-0.3, -0.25) is 9.59 Å². The van der Waals surface area contributed by atoms with E-state index in [-0.39, 0.29) is 17.5 Å². The fraction of sp³-hybridized carbons (Fsp3) is 0.579. The zero-order valence-electron chi connectivity index (χ0n) is 14.4. The van der Waals surface area contributed by atoms with E-state index in [1.54, 1.807) is 12.1 Å². The lowest BCUT2D eigenvalue weighted by atomic mass is 10.0. The Morgan fingerprint density at radius 1 is 1.08 bits per heavy atom. The minimum atomic E-state index is -0.0821. The Morgan fingerprint density at radius 2 is 1.80 bits per heavy atom. The van der Waals surface area contributed by atoms with Crippen molar-refractivity contribution in [1.29, 1.82) is 0 Å². The third kappa shape index (κ3) is 3.30. The van der Waals surface area contributed by atoms with E-state index >= 15 is 0 Å². The Morgan fingerprint density at radius 3 is 2.56 bits per heavy atom. The van der Waals surface area contributed by atoms with Crippen molar-refractivity contribution in [3.05, 3.63) is 34.6 Å². The van der Waals surface area contributed by atoms with E-state index in [9.17, 15) is 9.59 Å². The molecule has 1 saturated carbocycles. The minimum absolute atomic E-state index is 0.0279. The SMILES string of the molecule is O=C(CC1CCCC1)N1CCC(n2nnc3ccccc3c2=O)CC1. The first-order chi connectivity index (χ1) is 12.2. The van der Waals surface area contributed by atoms with Gasteiger partial charge in [0.2, 0.25) is 5.91 Å². The van der Waals surface area contributed by atoms with Gasteiger partial charge in [0.1, 0.15) is 5.52 Å². The Kier molecular flexibility index (Phi) is 4.51. The molecule has 4 rings (SSSR count). The van der Waals surface area contributed by atoms with E-state index in [0.717, 1.165) is 12.8 Å². The quantitative estimate of drug-likeness (QED) is 0.861. The van der Waals surface area contributed by atoms with Crippen LogP contribution in [0.1, 0.15) is 51.0 Å². The predicted octanol–water partition coefficient (Wildman–Crippen LogP) is 2.54. The lowest BCUT2D eigenvalue weighted by molar-refractivity contribution is -0.133. The predicted molar refractivity (Wildman–Crippen MR) is 95.2 cm³/mol. The van der Waals surface area contributed by atoms with Crippen LogP contribution in [0.25, 0.3) is 10.9 Å². The fourth-order valence-electron chi connectivity index (χ4n) is 4.19. The van der Waals surface area contributed by atoms with Crippen molar-refractivity contribution in [3.8, 4) is 0 Å². The summed E-state index contributed by atoms with van der Waals surface area (Å²) >= 11 is 0. The number of fused-ring (bicyclic) bond motifs is 1. The van der Waals surface area contributed by atoms with Crippen molar-refractivity contribution < 1.29 is 4.79 Å². The van der Waals surface area contributed by atoms with Gasteiger partial charge in [-0.25, -0.2) is 4.68 Å². The van der Waals surface area contributed by atoms with Gasteiger partial charge in [-0.1, -0.05) is 30.2 Å². The second-order valence-electron chi connectivity index (χ2n) is 7.32. The number of aromatic nitrogens is 3. The fourth-order valence-corrected chi connectivity index (χ4v) is 4.19. The first-order valence-corrected chi connectivity index (χ1v) is 9.34. The van der Waals surface area contributed by atoms with Crippen LogP contribution in [0.5, 0.6) is 0 Å². The van der Waals surface area contributed by atoms with E-state index < -0.39 is 0 Å². The Hall–Kier alpha value is -2.24. The molecule has 1 saturated heterocycles. The van der Waals surface area contributed by atoms with Gasteiger partial charge in [0.25, 0.3) is 5.56 Å².